The number of hydrogen-bond donors (Lipinski definition) is 1. The van der Waals surface area contributed by atoms with Gasteiger partial charge in [-0.05, 0) is 66.8 Å². The van der Waals surface area contributed by atoms with Crippen molar-refractivity contribution in [3.8, 4) is 5.75 Å². The largest absolute Gasteiger partial charge is 0.497 e. The van der Waals surface area contributed by atoms with Gasteiger partial charge in [-0.3, -0.25) is 14.2 Å². The van der Waals surface area contributed by atoms with E-state index in [9.17, 15) is 22.8 Å². The molecular weight excluding hydrogens is 521 g/mol. The molecule has 5 unspecified atom stereocenters. The number of amides is 1. The van der Waals surface area contributed by atoms with E-state index in [0.29, 0.717) is 23.0 Å². The Morgan fingerprint density at radius 2 is 1.84 bits per heavy atom. The third-order valence-corrected chi connectivity index (χ3v) is 10.8. The summed E-state index contributed by atoms with van der Waals surface area (Å²) in [5, 5.41) is 3.52. The van der Waals surface area contributed by atoms with Crippen LogP contribution in [0.3, 0.4) is 0 Å². The Hall–Kier alpha value is -2.72. The number of rotatable bonds is 5. The number of nitrogens with zero attached hydrogens (tertiary/aromatic N) is 1. The summed E-state index contributed by atoms with van der Waals surface area (Å²) in [6.45, 7) is -0.329. The van der Waals surface area contributed by atoms with E-state index in [-0.39, 0.29) is 23.0 Å². The van der Waals surface area contributed by atoms with Crippen LogP contribution < -0.4 is 14.9 Å². The van der Waals surface area contributed by atoms with E-state index in [0.717, 1.165) is 38.6 Å². The first kappa shape index (κ1) is 24.6. The molecule has 6 rings (SSSR count). The van der Waals surface area contributed by atoms with Gasteiger partial charge in [0.25, 0.3) is 0 Å². The van der Waals surface area contributed by atoms with Crippen molar-refractivity contribution in [2.45, 2.75) is 48.2 Å². The molecule has 0 saturated heterocycles. The van der Waals surface area contributed by atoms with E-state index in [1.54, 1.807) is 18.9 Å². The summed E-state index contributed by atoms with van der Waals surface area (Å²) in [6, 6.07) is 12.9. The molecule has 0 radical (unpaired) electrons. The number of benzene rings is 2. The number of ether oxygens (including phenoxy) is 1. The molecule has 5 atom stereocenters. The smallest absolute Gasteiger partial charge is 0.418 e. The lowest BCUT2D eigenvalue weighted by Crippen LogP contribution is -2.34. The zero-order chi connectivity index (χ0) is 25.9. The molecule has 2 saturated carbocycles. The molecule has 1 amide bonds. The minimum Gasteiger partial charge on any atom is -0.497 e. The minimum atomic E-state index is -4.60. The molecule has 2 aliphatic carbocycles. The topological polar surface area (TPSA) is 60.3 Å². The van der Waals surface area contributed by atoms with Crippen molar-refractivity contribution in [1.82, 2.24) is 4.57 Å². The predicted molar refractivity (Wildman–Crippen MR) is 137 cm³/mol. The van der Waals surface area contributed by atoms with E-state index in [4.69, 9.17) is 4.74 Å². The predicted octanol–water partition coefficient (Wildman–Crippen LogP) is 6.23. The summed E-state index contributed by atoms with van der Waals surface area (Å²) >= 11 is 2.85. The quantitative estimate of drug-likeness (QED) is 0.412. The van der Waals surface area contributed by atoms with Crippen LogP contribution in [0.5, 0.6) is 5.75 Å². The Morgan fingerprint density at radius 3 is 2.57 bits per heavy atom. The van der Waals surface area contributed by atoms with Crippen molar-refractivity contribution in [2.75, 3.05) is 12.4 Å². The molecule has 1 aromatic heterocycles. The zero-order valence-electron chi connectivity index (χ0n) is 20.0. The molecule has 1 N–H and O–H groups in total. The number of thiazole rings is 1. The Kier molecular flexibility index (Phi) is 6.14. The van der Waals surface area contributed by atoms with Gasteiger partial charge in [-0.2, -0.15) is 13.2 Å². The zero-order valence-corrected chi connectivity index (χ0v) is 21.6. The number of methoxy groups -OCH3 is 1. The van der Waals surface area contributed by atoms with Gasteiger partial charge in [0, 0.05) is 16.0 Å². The molecule has 3 aliphatic rings. The second-order valence-electron chi connectivity index (χ2n) is 9.96. The number of halogens is 3. The number of nitrogens with one attached hydrogen (secondary N) is 1. The van der Waals surface area contributed by atoms with Crippen LogP contribution in [0.15, 0.2) is 58.4 Å². The van der Waals surface area contributed by atoms with Gasteiger partial charge in [-0.15, -0.1) is 11.8 Å². The first-order valence-electron chi connectivity index (χ1n) is 12.2. The lowest BCUT2D eigenvalue weighted by Gasteiger charge is -2.40. The van der Waals surface area contributed by atoms with Gasteiger partial charge < -0.3 is 10.1 Å². The number of alkyl halides is 3. The van der Waals surface area contributed by atoms with Crippen LogP contribution in [-0.4, -0.2) is 22.8 Å². The number of fused-ring (bicyclic) bond motifs is 6. The maximum absolute atomic E-state index is 13.4. The molecule has 1 aliphatic heterocycles. The highest BCUT2D eigenvalue weighted by Crippen LogP contribution is 2.64. The van der Waals surface area contributed by atoms with Crippen molar-refractivity contribution in [3.05, 3.63) is 74.2 Å². The number of para-hydroxylation sites is 1. The lowest BCUT2D eigenvalue weighted by atomic mass is 9.75. The SMILES string of the molecule is COc1ccc(C2c3sc(=O)n(CC(=O)Nc4ccccc4C(F)(F)F)c3SC3C4CCC(C4)C23)cc1. The highest BCUT2D eigenvalue weighted by molar-refractivity contribution is 8.00. The normalized spacial score (nSPS) is 26.0. The van der Waals surface area contributed by atoms with Gasteiger partial charge in [-0.25, -0.2) is 0 Å². The fraction of sp³-hybridized carbons (Fsp3) is 0.407. The van der Waals surface area contributed by atoms with Crippen molar-refractivity contribution in [2.24, 2.45) is 17.8 Å². The van der Waals surface area contributed by atoms with Crippen LogP contribution in [0.4, 0.5) is 18.9 Å². The van der Waals surface area contributed by atoms with Gasteiger partial charge >= 0.3 is 11.0 Å². The highest BCUT2D eigenvalue weighted by Gasteiger charge is 2.55. The Morgan fingerprint density at radius 1 is 1.11 bits per heavy atom. The third-order valence-electron chi connectivity index (χ3n) is 7.97. The molecule has 10 heteroatoms. The van der Waals surface area contributed by atoms with Gasteiger partial charge in [0.15, 0.2) is 0 Å². The summed E-state index contributed by atoms with van der Waals surface area (Å²) in [5.41, 5.74) is -0.0993. The Bertz CT molecular complexity index is 1400. The van der Waals surface area contributed by atoms with E-state index >= 15 is 0 Å². The van der Waals surface area contributed by atoms with Crippen LogP contribution in [0, 0.1) is 17.8 Å². The third kappa shape index (κ3) is 4.27. The number of thioether (sulfide) groups is 1. The summed E-state index contributed by atoms with van der Waals surface area (Å²) in [7, 11) is 1.63. The summed E-state index contributed by atoms with van der Waals surface area (Å²) in [5.74, 6) is 1.76. The first-order chi connectivity index (χ1) is 17.7. The Balaban J connectivity index is 1.34. The highest BCUT2D eigenvalue weighted by atomic mass is 32.2. The molecule has 37 heavy (non-hydrogen) atoms. The maximum atomic E-state index is 13.4. The second kappa shape index (κ2) is 9.23. The number of aromatic nitrogens is 1. The maximum Gasteiger partial charge on any atom is 0.418 e. The molecule has 2 bridgehead atoms. The average molecular weight is 547 g/mol. The van der Waals surface area contributed by atoms with Crippen molar-refractivity contribution < 1.29 is 22.7 Å². The van der Waals surface area contributed by atoms with Gasteiger partial charge in [-0.1, -0.05) is 35.6 Å². The molecular formula is C27H25F3N2O3S2. The molecule has 194 valence electrons. The molecule has 0 spiro atoms. The second-order valence-corrected chi connectivity index (χ2v) is 12.1. The molecule has 5 nitrogen and oxygen atoms in total. The molecule has 2 fully saturated rings. The molecule has 3 aromatic rings. The number of carbonyl (C=O) groups excluding carboxylic acids is 1. The minimum absolute atomic E-state index is 0.0513. The average Bonchev–Trinajstić information content (AvgIpc) is 3.57. The summed E-state index contributed by atoms with van der Waals surface area (Å²) in [4.78, 5) is 26.8. The van der Waals surface area contributed by atoms with Gasteiger partial charge in [0.2, 0.25) is 5.91 Å². The van der Waals surface area contributed by atoms with E-state index < -0.39 is 17.6 Å². The van der Waals surface area contributed by atoms with Crippen LogP contribution in [-0.2, 0) is 17.5 Å². The summed E-state index contributed by atoms with van der Waals surface area (Å²) in [6.07, 6.45) is -1.04. The lowest BCUT2D eigenvalue weighted by molar-refractivity contribution is -0.137. The van der Waals surface area contributed by atoms with Crippen LogP contribution in [0.2, 0.25) is 0 Å². The molecule has 2 heterocycles. The van der Waals surface area contributed by atoms with E-state index in [2.05, 4.69) is 17.4 Å². The van der Waals surface area contributed by atoms with Gasteiger partial charge in [0.1, 0.15) is 12.3 Å². The van der Waals surface area contributed by atoms with Crippen LogP contribution in [0.1, 0.15) is 41.2 Å². The van der Waals surface area contributed by atoms with Crippen molar-refractivity contribution >= 4 is 34.7 Å². The standard InChI is InChI=1S/C27H25F3N2O3S2/c1-35-17-10-8-14(9-11-17)21-22-15-6-7-16(12-15)23(22)36-25-24(21)37-26(34)32(25)13-20(33)31-19-5-3-2-4-18(19)27(28,29)30/h2-5,8-11,15-16,21-23H,6-7,12-13H2,1H3,(H,31,33). The number of anilines is 1. The Labute approximate surface area is 220 Å². The monoisotopic (exact) mass is 546 g/mol. The number of carbonyl (C=O) groups is 1. The van der Waals surface area contributed by atoms with E-state index in [1.165, 1.54) is 42.0 Å². The van der Waals surface area contributed by atoms with Crippen LogP contribution in [0.25, 0.3) is 0 Å². The fourth-order valence-corrected chi connectivity index (χ4v) is 9.60. The van der Waals surface area contributed by atoms with Crippen molar-refractivity contribution in [1.29, 1.82) is 0 Å². The van der Waals surface area contributed by atoms with Crippen LogP contribution >= 0.6 is 23.1 Å². The first-order valence-corrected chi connectivity index (χ1v) is 13.9. The molecule has 2 aromatic carbocycles. The number of hydrogen-bond acceptors (Lipinski definition) is 5. The van der Waals surface area contributed by atoms with Gasteiger partial charge in [0.05, 0.1) is 23.4 Å². The van der Waals surface area contributed by atoms with Crippen molar-refractivity contribution in [3.63, 3.8) is 0 Å². The fourth-order valence-electron chi connectivity index (χ4n) is 6.44. The summed E-state index contributed by atoms with van der Waals surface area (Å²) < 4.78 is 47.0. The van der Waals surface area contributed by atoms with E-state index in [1.807, 2.05) is 12.1 Å².